The Hall–Kier alpha value is -1.69. The van der Waals surface area contributed by atoms with Crippen molar-refractivity contribution in [3.8, 4) is 0 Å². The molecule has 0 fully saturated rings. The Balaban J connectivity index is 2.64. The van der Waals surface area contributed by atoms with Gasteiger partial charge in [-0.2, -0.15) is 8.78 Å². The van der Waals surface area contributed by atoms with Crippen LogP contribution in [0.15, 0.2) is 35.5 Å². The van der Waals surface area contributed by atoms with E-state index in [9.17, 15) is 8.78 Å². The Bertz CT molecular complexity index is 410. The molecule has 0 aliphatic rings. The molecule has 0 saturated heterocycles. The lowest BCUT2D eigenvalue weighted by molar-refractivity contribution is -0.0363. The largest absolute Gasteiger partial charge is 0.409 e. The van der Waals surface area contributed by atoms with Crippen LogP contribution < -0.4 is 5.73 Å². The summed E-state index contributed by atoms with van der Waals surface area (Å²) in [5.74, 6) is -2.87. The second-order valence-corrected chi connectivity index (χ2v) is 4.28. The number of hydrogen-bond acceptors (Lipinski definition) is 3. The second kappa shape index (κ2) is 7.04. The maximum absolute atomic E-state index is 14.0. The zero-order valence-corrected chi connectivity index (χ0v) is 10.9. The third kappa shape index (κ3) is 4.82. The number of nitrogens with two attached hydrogens (primary N) is 1. The van der Waals surface area contributed by atoms with Crippen molar-refractivity contribution in [3.63, 3.8) is 0 Å². The van der Waals surface area contributed by atoms with E-state index in [0.717, 1.165) is 0 Å². The van der Waals surface area contributed by atoms with E-state index in [1.54, 1.807) is 30.0 Å². The zero-order valence-electron chi connectivity index (χ0n) is 10.9. The molecule has 0 saturated carbocycles. The number of alkyl halides is 2. The van der Waals surface area contributed by atoms with Crippen molar-refractivity contribution in [1.82, 2.24) is 4.90 Å². The molecular formula is C13H19F2N3O. The maximum atomic E-state index is 14.0. The molecule has 0 aromatic heterocycles. The van der Waals surface area contributed by atoms with Crippen molar-refractivity contribution in [1.29, 1.82) is 0 Å². The van der Waals surface area contributed by atoms with Crippen LogP contribution in [0.1, 0.15) is 18.9 Å². The number of hydrogen-bond donors (Lipinski definition) is 2. The smallest absolute Gasteiger partial charge is 0.285 e. The van der Waals surface area contributed by atoms with E-state index in [4.69, 9.17) is 10.9 Å². The molecule has 0 atom stereocenters. The summed E-state index contributed by atoms with van der Waals surface area (Å²) in [7, 11) is 0. The highest BCUT2D eigenvalue weighted by Gasteiger charge is 2.33. The van der Waals surface area contributed by atoms with Crippen molar-refractivity contribution in [3.05, 3.63) is 35.9 Å². The maximum Gasteiger partial charge on any atom is 0.285 e. The molecule has 0 amide bonds. The van der Waals surface area contributed by atoms with E-state index in [0.29, 0.717) is 13.1 Å². The molecule has 0 bridgehead atoms. The van der Waals surface area contributed by atoms with Gasteiger partial charge in [0.2, 0.25) is 0 Å². The van der Waals surface area contributed by atoms with Gasteiger partial charge in [-0.05, 0) is 6.54 Å². The number of amidine groups is 1. The number of nitrogens with zero attached hydrogens (tertiary/aromatic N) is 2. The first-order chi connectivity index (χ1) is 8.99. The SMILES string of the molecule is CCN(CC/C(N)=N/O)CC(F)(F)c1ccccc1. The lowest BCUT2D eigenvalue weighted by Gasteiger charge is -2.26. The Morgan fingerprint density at radius 3 is 2.53 bits per heavy atom. The lowest BCUT2D eigenvalue weighted by Crippen LogP contribution is -2.37. The third-order valence-corrected chi connectivity index (χ3v) is 2.88. The van der Waals surface area contributed by atoms with Crippen LogP contribution in [0.25, 0.3) is 0 Å². The molecule has 1 rings (SSSR count). The van der Waals surface area contributed by atoms with Gasteiger partial charge in [0.05, 0.1) is 6.54 Å². The minimum absolute atomic E-state index is 0.00255. The number of oxime groups is 1. The molecule has 106 valence electrons. The van der Waals surface area contributed by atoms with Gasteiger partial charge in [-0.1, -0.05) is 42.4 Å². The van der Waals surface area contributed by atoms with Gasteiger partial charge in [-0.3, -0.25) is 4.90 Å². The Kier molecular flexibility index (Phi) is 5.69. The molecular weight excluding hydrogens is 252 g/mol. The van der Waals surface area contributed by atoms with E-state index < -0.39 is 5.92 Å². The monoisotopic (exact) mass is 271 g/mol. The van der Waals surface area contributed by atoms with Crippen molar-refractivity contribution < 1.29 is 14.0 Å². The quantitative estimate of drug-likeness (QED) is 0.346. The fourth-order valence-electron chi connectivity index (χ4n) is 1.73. The van der Waals surface area contributed by atoms with Gasteiger partial charge in [0.15, 0.2) is 0 Å². The molecule has 0 spiro atoms. The van der Waals surface area contributed by atoms with E-state index in [1.807, 2.05) is 0 Å². The Morgan fingerprint density at radius 1 is 1.37 bits per heavy atom. The van der Waals surface area contributed by atoms with E-state index in [-0.39, 0.29) is 24.4 Å². The first-order valence-electron chi connectivity index (χ1n) is 6.11. The number of halogens is 2. The highest BCUT2D eigenvalue weighted by molar-refractivity contribution is 5.79. The van der Waals surface area contributed by atoms with Crippen LogP contribution >= 0.6 is 0 Å². The predicted molar refractivity (Wildman–Crippen MR) is 70.5 cm³/mol. The molecule has 19 heavy (non-hydrogen) atoms. The number of rotatable bonds is 7. The average molecular weight is 271 g/mol. The topological polar surface area (TPSA) is 61.8 Å². The summed E-state index contributed by atoms with van der Waals surface area (Å²) in [6, 6.07) is 7.72. The van der Waals surface area contributed by atoms with Crippen LogP contribution in [0.5, 0.6) is 0 Å². The summed E-state index contributed by atoms with van der Waals surface area (Å²) in [4.78, 5) is 1.57. The highest BCUT2D eigenvalue weighted by Crippen LogP contribution is 2.28. The van der Waals surface area contributed by atoms with E-state index in [2.05, 4.69) is 5.16 Å². The number of benzene rings is 1. The standard InChI is InChI=1S/C13H19F2N3O/c1-2-18(9-8-12(16)17-19)10-13(14,15)11-6-4-3-5-7-11/h3-7,19H,2,8-10H2,1H3,(H2,16,17). The van der Waals surface area contributed by atoms with E-state index >= 15 is 0 Å². The summed E-state index contributed by atoms with van der Waals surface area (Å²) < 4.78 is 28.1. The zero-order chi connectivity index (χ0) is 14.3. The summed E-state index contributed by atoms with van der Waals surface area (Å²) >= 11 is 0. The molecule has 3 N–H and O–H groups in total. The first kappa shape index (κ1) is 15.4. The van der Waals surface area contributed by atoms with Gasteiger partial charge in [0.25, 0.3) is 5.92 Å². The average Bonchev–Trinajstić information content (AvgIpc) is 2.43. The second-order valence-electron chi connectivity index (χ2n) is 4.28. The van der Waals surface area contributed by atoms with Crippen LogP contribution in [0.3, 0.4) is 0 Å². The van der Waals surface area contributed by atoms with Crippen molar-refractivity contribution in [2.75, 3.05) is 19.6 Å². The Morgan fingerprint density at radius 2 is 2.00 bits per heavy atom. The molecule has 0 radical (unpaired) electrons. The van der Waals surface area contributed by atoms with Gasteiger partial charge < -0.3 is 10.9 Å². The molecule has 0 aliphatic carbocycles. The molecule has 1 aromatic carbocycles. The third-order valence-electron chi connectivity index (χ3n) is 2.88. The highest BCUT2D eigenvalue weighted by atomic mass is 19.3. The molecule has 1 aromatic rings. The molecule has 0 heterocycles. The van der Waals surface area contributed by atoms with Crippen molar-refractivity contribution in [2.45, 2.75) is 19.3 Å². The fraction of sp³-hybridized carbons (Fsp3) is 0.462. The first-order valence-corrected chi connectivity index (χ1v) is 6.11. The van der Waals surface area contributed by atoms with Gasteiger partial charge in [0, 0.05) is 18.5 Å². The molecule has 6 heteroatoms. The molecule has 0 aliphatic heterocycles. The van der Waals surface area contributed by atoms with Gasteiger partial charge in [0.1, 0.15) is 5.84 Å². The van der Waals surface area contributed by atoms with Crippen LogP contribution in [0.2, 0.25) is 0 Å². The number of likely N-dealkylation sites (N-methyl/N-ethyl adjacent to an activating group) is 1. The van der Waals surface area contributed by atoms with Crippen LogP contribution in [0, 0.1) is 0 Å². The Labute approximate surface area is 111 Å². The summed E-state index contributed by atoms with van der Waals surface area (Å²) in [6.45, 7) is 2.22. The van der Waals surface area contributed by atoms with Crippen LogP contribution in [-0.2, 0) is 5.92 Å². The summed E-state index contributed by atoms with van der Waals surface area (Å²) in [5.41, 5.74) is 5.33. The lowest BCUT2D eigenvalue weighted by atomic mass is 10.1. The minimum Gasteiger partial charge on any atom is -0.409 e. The van der Waals surface area contributed by atoms with Crippen LogP contribution in [0.4, 0.5) is 8.78 Å². The van der Waals surface area contributed by atoms with Crippen molar-refractivity contribution in [2.24, 2.45) is 10.9 Å². The van der Waals surface area contributed by atoms with Crippen LogP contribution in [-0.4, -0.2) is 35.6 Å². The van der Waals surface area contributed by atoms with Gasteiger partial charge in [-0.25, -0.2) is 0 Å². The normalized spacial score (nSPS) is 12.9. The summed E-state index contributed by atoms with van der Waals surface area (Å²) in [6.07, 6.45) is 0.259. The molecule has 0 unspecified atom stereocenters. The van der Waals surface area contributed by atoms with E-state index in [1.165, 1.54) is 12.1 Å². The summed E-state index contributed by atoms with van der Waals surface area (Å²) in [5, 5.41) is 11.3. The van der Waals surface area contributed by atoms with Gasteiger partial charge >= 0.3 is 0 Å². The van der Waals surface area contributed by atoms with Gasteiger partial charge in [-0.15, -0.1) is 0 Å². The molecule has 4 nitrogen and oxygen atoms in total. The minimum atomic E-state index is -2.91. The van der Waals surface area contributed by atoms with Crippen molar-refractivity contribution >= 4 is 5.84 Å². The fourth-order valence-corrected chi connectivity index (χ4v) is 1.73. The predicted octanol–water partition coefficient (Wildman–Crippen LogP) is 2.24.